The number of nitrogens with zero attached hydrogens (tertiary/aromatic N) is 1. The van der Waals surface area contributed by atoms with Gasteiger partial charge in [0.05, 0.1) is 6.26 Å². The first-order valence-corrected chi connectivity index (χ1v) is 7.39. The second-order valence-corrected chi connectivity index (χ2v) is 5.81. The Balaban J connectivity index is 1.73. The van der Waals surface area contributed by atoms with Crippen molar-refractivity contribution in [1.29, 1.82) is 0 Å². The summed E-state index contributed by atoms with van der Waals surface area (Å²) in [7, 11) is 0. The zero-order valence-corrected chi connectivity index (χ0v) is 11.3. The van der Waals surface area contributed by atoms with Crippen LogP contribution >= 0.6 is 11.8 Å². The van der Waals surface area contributed by atoms with Gasteiger partial charge in [0, 0.05) is 24.1 Å². The number of amides is 1. The molecule has 1 aromatic carbocycles. The first-order chi connectivity index (χ1) is 9.34. The molecule has 1 amide bonds. The zero-order valence-electron chi connectivity index (χ0n) is 10.5. The number of thioether (sulfide) groups is 1. The molecular formula is C15H15NO2S. The number of carbonyl (C=O) groups excluding carboxylic acids is 1. The molecule has 0 bridgehead atoms. The maximum Gasteiger partial charge on any atom is 0.289 e. The summed E-state index contributed by atoms with van der Waals surface area (Å²) in [6.45, 7) is 1.53. The van der Waals surface area contributed by atoms with E-state index in [1.807, 2.05) is 34.9 Å². The second-order valence-electron chi connectivity index (χ2n) is 4.50. The summed E-state index contributed by atoms with van der Waals surface area (Å²) in [4.78, 5) is 14.1. The lowest BCUT2D eigenvalue weighted by atomic mass is 10.1. The first kappa shape index (κ1) is 12.4. The number of rotatable bonds is 2. The molecule has 0 aliphatic carbocycles. The fourth-order valence-corrected chi connectivity index (χ4v) is 3.50. The Morgan fingerprint density at radius 2 is 2.05 bits per heavy atom. The molecule has 2 aromatic rings. The van der Waals surface area contributed by atoms with E-state index in [0.29, 0.717) is 11.0 Å². The van der Waals surface area contributed by atoms with Crippen LogP contribution < -0.4 is 0 Å². The molecule has 0 spiro atoms. The molecule has 1 atom stereocenters. The largest absolute Gasteiger partial charge is 0.459 e. The third-order valence-electron chi connectivity index (χ3n) is 3.26. The molecule has 1 saturated heterocycles. The van der Waals surface area contributed by atoms with E-state index in [2.05, 4.69) is 12.1 Å². The maximum absolute atomic E-state index is 12.3. The Morgan fingerprint density at radius 1 is 1.21 bits per heavy atom. The molecule has 0 saturated carbocycles. The third-order valence-corrected chi connectivity index (χ3v) is 4.50. The van der Waals surface area contributed by atoms with Crippen LogP contribution in [-0.2, 0) is 0 Å². The van der Waals surface area contributed by atoms with Gasteiger partial charge in [0.1, 0.15) is 0 Å². The van der Waals surface area contributed by atoms with Crippen LogP contribution in [0.3, 0.4) is 0 Å². The smallest absolute Gasteiger partial charge is 0.289 e. The molecular weight excluding hydrogens is 258 g/mol. The Kier molecular flexibility index (Phi) is 3.60. The Hall–Kier alpha value is -1.68. The molecule has 98 valence electrons. The number of carbonyl (C=O) groups is 1. The Labute approximate surface area is 116 Å². The van der Waals surface area contributed by atoms with Crippen LogP contribution in [0, 0.1) is 0 Å². The van der Waals surface area contributed by atoms with Crippen molar-refractivity contribution in [2.45, 2.75) is 5.25 Å². The molecule has 3 nitrogen and oxygen atoms in total. The lowest BCUT2D eigenvalue weighted by molar-refractivity contribution is 0.0729. The standard InChI is InChI=1S/C15H15NO2S/c17-15(13-7-4-9-18-13)16-8-10-19-14(11-16)12-5-2-1-3-6-12/h1-7,9,14H,8,10-11H2. The average molecular weight is 273 g/mol. The molecule has 2 heterocycles. The van der Waals surface area contributed by atoms with Crippen molar-refractivity contribution in [3.05, 3.63) is 60.1 Å². The van der Waals surface area contributed by atoms with Gasteiger partial charge in [0.25, 0.3) is 5.91 Å². The van der Waals surface area contributed by atoms with Gasteiger partial charge in [-0.15, -0.1) is 0 Å². The van der Waals surface area contributed by atoms with Crippen LogP contribution in [0.4, 0.5) is 0 Å². The molecule has 0 N–H and O–H groups in total. The SMILES string of the molecule is O=C(c1ccco1)N1CCSC(c2ccccc2)C1. The van der Waals surface area contributed by atoms with E-state index < -0.39 is 0 Å². The van der Waals surface area contributed by atoms with E-state index in [1.54, 1.807) is 18.4 Å². The normalized spacial score (nSPS) is 19.4. The minimum absolute atomic E-state index is 0.00812. The first-order valence-electron chi connectivity index (χ1n) is 6.34. The van der Waals surface area contributed by atoms with Crippen molar-refractivity contribution >= 4 is 17.7 Å². The van der Waals surface area contributed by atoms with Crippen molar-refractivity contribution < 1.29 is 9.21 Å². The molecule has 19 heavy (non-hydrogen) atoms. The van der Waals surface area contributed by atoms with Crippen LogP contribution in [0.5, 0.6) is 0 Å². The molecule has 1 aliphatic heterocycles. The van der Waals surface area contributed by atoms with Crippen molar-refractivity contribution in [1.82, 2.24) is 4.90 Å². The van der Waals surface area contributed by atoms with Gasteiger partial charge in [-0.1, -0.05) is 30.3 Å². The number of hydrogen-bond donors (Lipinski definition) is 0. The highest BCUT2D eigenvalue weighted by Crippen LogP contribution is 2.33. The highest BCUT2D eigenvalue weighted by Gasteiger charge is 2.26. The van der Waals surface area contributed by atoms with Crippen molar-refractivity contribution in [3.63, 3.8) is 0 Å². The van der Waals surface area contributed by atoms with E-state index in [1.165, 1.54) is 5.56 Å². The van der Waals surface area contributed by atoms with E-state index in [4.69, 9.17) is 4.42 Å². The van der Waals surface area contributed by atoms with Crippen LogP contribution in [-0.4, -0.2) is 29.6 Å². The van der Waals surface area contributed by atoms with Crippen LogP contribution in [0.25, 0.3) is 0 Å². The van der Waals surface area contributed by atoms with Gasteiger partial charge in [-0.2, -0.15) is 11.8 Å². The quantitative estimate of drug-likeness (QED) is 0.842. The number of benzene rings is 1. The Morgan fingerprint density at radius 3 is 2.79 bits per heavy atom. The van der Waals surface area contributed by atoms with Crippen LogP contribution in [0.15, 0.2) is 53.1 Å². The molecule has 0 radical (unpaired) electrons. The molecule has 1 unspecified atom stereocenters. The van der Waals surface area contributed by atoms with Crippen molar-refractivity contribution in [2.24, 2.45) is 0 Å². The monoisotopic (exact) mass is 273 g/mol. The fourth-order valence-electron chi connectivity index (χ4n) is 2.26. The van der Waals surface area contributed by atoms with E-state index in [9.17, 15) is 4.79 Å². The van der Waals surface area contributed by atoms with Gasteiger partial charge in [-0.05, 0) is 17.7 Å². The van der Waals surface area contributed by atoms with Gasteiger partial charge in [-0.3, -0.25) is 4.79 Å². The van der Waals surface area contributed by atoms with Gasteiger partial charge >= 0.3 is 0 Å². The highest BCUT2D eigenvalue weighted by molar-refractivity contribution is 7.99. The Bertz CT molecular complexity index is 539. The van der Waals surface area contributed by atoms with Crippen LogP contribution in [0.1, 0.15) is 21.4 Å². The number of hydrogen-bond acceptors (Lipinski definition) is 3. The average Bonchev–Trinajstić information content (AvgIpc) is 3.02. The minimum atomic E-state index is -0.00812. The van der Waals surface area contributed by atoms with Crippen molar-refractivity contribution in [3.8, 4) is 0 Å². The maximum atomic E-state index is 12.3. The molecule has 1 aromatic heterocycles. The van der Waals surface area contributed by atoms with Gasteiger partial charge in [0.2, 0.25) is 0 Å². The zero-order chi connectivity index (χ0) is 13.1. The van der Waals surface area contributed by atoms with Crippen LogP contribution in [0.2, 0.25) is 0 Å². The topological polar surface area (TPSA) is 33.5 Å². The summed E-state index contributed by atoms with van der Waals surface area (Å²) < 4.78 is 5.19. The van der Waals surface area contributed by atoms with Crippen molar-refractivity contribution in [2.75, 3.05) is 18.8 Å². The lowest BCUT2D eigenvalue weighted by Crippen LogP contribution is -2.39. The summed E-state index contributed by atoms with van der Waals surface area (Å²) in [5.41, 5.74) is 1.28. The number of furan rings is 1. The lowest BCUT2D eigenvalue weighted by Gasteiger charge is -2.32. The molecule has 4 heteroatoms. The summed E-state index contributed by atoms with van der Waals surface area (Å²) in [6, 6.07) is 13.8. The molecule has 1 aliphatic rings. The fraction of sp³-hybridized carbons (Fsp3) is 0.267. The highest BCUT2D eigenvalue weighted by atomic mass is 32.2. The second kappa shape index (κ2) is 5.53. The van der Waals surface area contributed by atoms with Gasteiger partial charge < -0.3 is 9.32 Å². The summed E-state index contributed by atoms with van der Waals surface area (Å²) in [6.07, 6.45) is 1.54. The minimum Gasteiger partial charge on any atom is -0.459 e. The summed E-state index contributed by atoms with van der Waals surface area (Å²) in [5.74, 6) is 1.39. The van der Waals surface area contributed by atoms with Gasteiger partial charge in [-0.25, -0.2) is 0 Å². The summed E-state index contributed by atoms with van der Waals surface area (Å²) >= 11 is 1.91. The van der Waals surface area contributed by atoms with E-state index >= 15 is 0 Å². The van der Waals surface area contributed by atoms with Gasteiger partial charge in [0.15, 0.2) is 5.76 Å². The predicted octanol–water partition coefficient (Wildman–Crippen LogP) is 3.21. The molecule has 3 rings (SSSR count). The predicted molar refractivity (Wildman–Crippen MR) is 76.3 cm³/mol. The van der Waals surface area contributed by atoms with E-state index in [0.717, 1.165) is 18.8 Å². The molecule has 1 fully saturated rings. The van der Waals surface area contributed by atoms with E-state index in [-0.39, 0.29) is 5.91 Å². The third kappa shape index (κ3) is 2.68. The summed E-state index contributed by atoms with van der Waals surface area (Å²) in [5, 5.41) is 0.355.